The van der Waals surface area contributed by atoms with E-state index in [9.17, 15) is 22.8 Å². The van der Waals surface area contributed by atoms with Crippen LogP contribution >= 0.6 is 0 Å². The van der Waals surface area contributed by atoms with Crippen LogP contribution in [0.4, 0.5) is 18.9 Å². The first-order valence-electron chi connectivity index (χ1n) is 7.97. The molecular weight excluding hydrogens is 345 g/mol. The molecule has 0 aliphatic carbocycles. The van der Waals surface area contributed by atoms with Gasteiger partial charge < -0.3 is 10.2 Å². The zero-order valence-corrected chi connectivity index (χ0v) is 14.4. The van der Waals surface area contributed by atoms with Crippen LogP contribution < -0.4 is 5.32 Å². The van der Waals surface area contributed by atoms with Gasteiger partial charge in [-0.1, -0.05) is 36.4 Å². The lowest BCUT2D eigenvalue weighted by atomic mass is 10.1. The summed E-state index contributed by atoms with van der Waals surface area (Å²) in [5.74, 6) is -0.872. The van der Waals surface area contributed by atoms with Gasteiger partial charge in [-0.2, -0.15) is 13.2 Å². The third-order valence-corrected chi connectivity index (χ3v) is 3.94. The van der Waals surface area contributed by atoms with Crippen LogP contribution in [0.1, 0.15) is 31.0 Å². The average Bonchev–Trinajstić information content (AvgIpc) is 2.59. The topological polar surface area (TPSA) is 49.4 Å². The van der Waals surface area contributed by atoms with Crippen molar-refractivity contribution in [2.24, 2.45) is 0 Å². The molecule has 2 amide bonds. The molecule has 1 atom stereocenters. The maximum atomic E-state index is 12.7. The van der Waals surface area contributed by atoms with Gasteiger partial charge in [-0.3, -0.25) is 9.59 Å². The largest absolute Gasteiger partial charge is 0.416 e. The third-order valence-electron chi connectivity index (χ3n) is 3.94. The maximum Gasteiger partial charge on any atom is 0.416 e. The predicted molar refractivity (Wildman–Crippen MR) is 92.3 cm³/mol. The monoisotopic (exact) mass is 364 g/mol. The van der Waals surface area contributed by atoms with E-state index in [4.69, 9.17) is 0 Å². The van der Waals surface area contributed by atoms with E-state index in [1.165, 1.54) is 24.0 Å². The van der Waals surface area contributed by atoms with Crippen molar-refractivity contribution in [3.8, 4) is 0 Å². The van der Waals surface area contributed by atoms with E-state index in [0.717, 1.165) is 17.7 Å². The minimum Gasteiger partial charge on any atom is -0.327 e. The van der Waals surface area contributed by atoms with Gasteiger partial charge in [0.15, 0.2) is 0 Å². The normalized spacial score (nSPS) is 12.3. The van der Waals surface area contributed by atoms with Crippen LogP contribution in [0.3, 0.4) is 0 Å². The highest BCUT2D eigenvalue weighted by atomic mass is 19.4. The minimum absolute atomic E-state index is 0.0284. The number of alkyl halides is 3. The van der Waals surface area contributed by atoms with E-state index in [1.54, 1.807) is 6.92 Å². The highest BCUT2D eigenvalue weighted by Crippen LogP contribution is 2.30. The second-order valence-corrected chi connectivity index (χ2v) is 5.86. The second kappa shape index (κ2) is 8.03. The molecule has 4 nitrogen and oxygen atoms in total. The number of halogens is 3. The summed E-state index contributed by atoms with van der Waals surface area (Å²) in [6.07, 6.45) is -4.49. The molecular formula is C19H19F3N2O2. The Hall–Kier alpha value is -2.83. The predicted octanol–water partition coefficient (Wildman–Crippen LogP) is 4.25. The summed E-state index contributed by atoms with van der Waals surface area (Å²) in [4.78, 5) is 25.5. The average molecular weight is 364 g/mol. The lowest BCUT2D eigenvalue weighted by Crippen LogP contribution is -2.38. The highest BCUT2D eigenvalue weighted by molar-refractivity contribution is 5.94. The molecule has 0 aliphatic heterocycles. The second-order valence-electron chi connectivity index (χ2n) is 5.86. The lowest BCUT2D eigenvalue weighted by Gasteiger charge is -2.28. The summed E-state index contributed by atoms with van der Waals surface area (Å²) in [5.41, 5.74) is 0.0339. The van der Waals surface area contributed by atoms with Crippen molar-refractivity contribution in [1.29, 1.82) is 0 Å². The molecule has 1 N–H and O–H groups in total. The standard InChI is InChI=1S/C19H19F3N2O2/c1-13(15-7-4-3-5-8-15)24(14(2)25)12-18(26)23-17-10-6-9-16(11-17)19(20,21)22/h3-11,13H,12H2,1-2H3,(H,23,26). The highest BCUT2D eigenvalue weighted by Gasteiger charge is 2.30. The van der Waals surface area contributed by atoms with Crippen LogP contribution in [0.2, 0.25) is 0 Å². The van der Waals surface area contributed by atoms with Gasteiger partial charge in [0.05, 0.1) is 11.6 Å². The van der Waals surface area contributed by atoms with Crippen molar-refractivity contribution >= 4 is 17.5 Å². The molecule has 0 bridgehead atoms. The van der Waals surface area contributed by atoms with E-state index in [-0.39, 0.29) is 24.2 Å². The number of carbonyl (C=O) groups excluding carboxylic acids is 2. The number of hydrogen-bond donors (Lipinski definition) is 1. The number of carbonyl (C=O) groups is 2. The maximum absolute atomic E-state index is 12.7. The van der Waals surface area contributed by atoms with Crippen molar-refractivity contribution in [1.82, 2.24) is 4.90 Å². The molecule has 2 rings (SSSR count). The molecule has 0 spiro atoms. The van der Waals surface area contributed by atoms with Gasteiger partial charge in [0, 0.05) is 12.6 Å². The first-order valence-corrected chi connectivity index (χ1v) is 7.97. The van der Waals surface area contributed by atoms with Gasteiger partial charge in [-0.05, 0) is 30.7 Å². The smallest absolute Gasteiger partial charge is 0.327 e. The van der Waals surface area contributed by atoms with Gasteiger partial charge in [0.2, 0.25) is 11.8 Å². The van der Waals surface area contributed by atoms with Crippen LogP contribution in [-0.4, -0.2) is 23.3 Å². The van der Waals surface area contributed by atoms with E-state index >= 15 is 0 Å². The van der Waals surface area contributed by atoms with E-state index in [2.05, 4.69) is 5.32 Å². The molecule has 2 aromatic rings. The Kier molecular flexibility index (Phi) is 6.02. The summed E-state index contributed by atoms with van der Waals surface area (Å²) in [6, 6.07) is 13.2. The molecule has 7 heteroatoms. The molecule has 0 aliphatic rings. The molecule has 0 saturated heterocycles. The molecule has 2 aromatic carbocycles. The van der Waals surface area contributed by atoms with Gasteiger partial charge >= 0.3 is 6.18 Å². The molecule has 0 radical (unpaired) electrons. The molecule has 0 saturated carbocycles. The molecule has 1 unspecified atom stereocenters. The summed E-state index contributed by atoms with van der Waals surface area (Å²) in [5, 5.41) is 2.41. The summed E-state index contributed by atoms with van der Waals surface area (Å²) in [7, 11) is 0. The van der Waals surface area contributed by atoms with Crippen molar-refractivity contribution < 1.29 is 22.8 Å². The Labute approximate surface area is 149 Å². The number of hydrogen-bond acceptors (Lipinski definition) is 2. The Morgan fingerprint density at radius 3 is 2.31 bits per heavy atom. The van der Waals surface area contributed by atoms with Gasteiger partial charge in [0.25, 0.3) is 0 Å². The number of anilines is 1. The number of nitrogens with one attached hydrogen (secondary N) is 1. The lowest BCUT2D eigenvalue weighted by molar-refractivity contribution is -0.137. The van der Waals surface area contributed by atoms with Crippen molar-refractivity contribution in [3.05, 3.63) is 65.7 Å². The zero-order valence-electron chi connectivity index (χ0n) is 14.4. The summed E-state index contributed by atoms with van der Waals surface area (Å²) in [6.45, 7) is 2.87. The van der Waals surface area contributed by atoms with Crippen molar-refractivity contribution in [3.63, 3.8) is 0 Å². The molecule has 138 valence electrons. The van der Waals surface area contributed by atoms with Gasteiger partial charge in [0.1, 0.15) is 6.54 Å². The molecule has 0 fully saturated rings. The quantitative estimate of drug-likeness (QED) is 0.862. The van der Waals surface area contributed by atoms with Crippen LogP contribution in [-0.2, 0) is 15.8 Å². The Morgan fingerprint density at radius 2 is 1.73 bits per heavy atom. The summed E-state index contributed by atoms with van der Waals surface area (Å²) < 4.78 is 38.2. The molecule has 0 aromatic heterocycles. The van der Waals surface area contributed by atoms with E-state index < -0.39 is 17.6 Å². The first-order chi connectivity index (χ1) is 12.2. The van der Waals surface area contributed by atoms with E-state index in [0.29, 0.717) is 0 Å². The van der Waals surface area contributed by atoms with Crippen LogP contribution in [0.5, 0.6) is 0 Å². The van der Waals surface area contributed by atoms with Crippen molar-refractivity contribution in [2.45, 2.75) is 26.1 Å². The number of benzene rings is 2. The van der Waals surface area contributed by atoms with Crippen molar-refractivity contribution in [2.75, 3.05) is 11.9 Å². The van der Waals surface area contributed by atoms with Gasteiger partial charge in [-0.15, -0.1) is 0 Å². The fraction of sp³-hybridized carbons (Fsp3) is 0.263. The van der Waals surface area contributed by atoms with Gasteiger partial charge in [-0.25, -0.2) is 0 Å². The Balaban J connectivity index is 2.10. The number of amides is 2. The SMILES string of the molecule is CC(=O)N(CC(=O)Nc1cccc(C(F)(F)F)c1)C(C)c1ccccc1. The summed E-state index contributed by atoms with van der Waals surface area (Å²) >= 11 is 0. The van der Waals surface area contributed by atoms with Crippen LogP contribution in [0.25, 0.3) is 0 Å². The van der Waals surface area contributed by atoms with E-state index in [1.807, 2.05) is 30.3 Å². The minimum atomic E-state index is -4.49. The molecule has 26 heavy (non-hydrogen) atoms. The first kappa shape index (κ1) is 19.5. The number of rotatable bonds is 5. The Morgan fingerprint density at radius 1 is 1.08 bits per heavy atom. The zero-order chi connectivity index (χ0) is 19.3. The third kappa shape index (κ3) is 5.08. The molecule has 0 heterocycles. The fourth-order valence-corrected chi connectivity index (χ4v) is 2.56. The fourth-order valence-electron chi connectivity index (χ4n) is 2.56. The van der Waals surface area contributed by atoms with Crippen LogP contribution in [0, 0.1) is 0 Å². The Bertz CT molecular complexity index is 776. The number of nitrogens with zero attached hydrogens (tertiary/aromatic N) is 1. The van der Waals surface area contributed by atoms with Crippen LogP contribution in [0.15, 0.2) is 54.6 Å².